The monoisotopic (exact) mass is 470 g/mol. The number of hydrogen-bond donors (Lipinski definition) is 0. The van der Waals surface area contributed by atoms with Crippen LogP contribution in [0.2, 0.25) is 0 Å². The third kappa shape index (κ3) is 5.29. The highest BCUT2D eigenvalue weighted by atomic mass is 79.9. The van der Waals surface area contributed by atoms with Gasteiger partial charge < -0.3 is 14.2 Å². The zero-order valence-corrected chi connectivity index (χ0v) is 18.7. The molecule has 0 unspecified atom stereocenters. The van der Waals surface area contributed by atoms with E-state index in [9.17, 15) is 9.59 Å². The van der Waals surface area contributed by atoms with Gasteiger partial charge in [-0.1, -0.05) is 15.9 Å². The molecular formula is C19H23BrN2O5S. The molecule has 28 heavy (non-hydrogen) atoms. The average molecular weight is 471 g/mol. The number of amides is 1. The van der Waals surface area contributed by atoms with E-state index < -0.39 is 5.97 Å². The molecule has 1 aliphatic heterocycles. The minimum Gasteiger partial charge on any atom is -0.493 e. The van der Waals surface area contributed by atoms with Gasteiger partial charge in [0.2, 0.25) is 0 Å². The van der Waals surface area contributed by atoms with Gasteiger partial charge in [-0.05, 0) is 56.3 Å². The topological polar surface area (TPSA) is 77.4 Å². The first kappa shape index (κ1) is 22.3. The van der Waals surface area contributed by atoms with Crippen molar-refractivity contribution < 1.29 is 23.8 Å². The van der Waals surface area contributed by atoms with Crippen molar-refractivity contribution in [1.29, 1.82) is 0 Å². The summed E-state index contributed by atoms with van der Waals surface area (Å²) in [5.41, 5.74) is 0.755. The summed E-state index contributed by atoms with van der Waals surface area (Å²) in [6.07, 6.45) is 1.79. The summed E-state index contributed by atoms with van der Waals surface area (Å²) in [5.74, 6) is 0.318. The highest BCUT2D eigenvalue weighted by molar-refractivity contribution is 9.10. The van der Waals surface area contributed by atoms with Crippen LogP contribution in [0.25, 0.3) is 6.08 Å². The number of amidine groups is 1. The lowest BCUT2D eigenvalue weighted by molar-refractivity contribution is -0.145. The van der Waals surface area contributed by atoms with E-state index in [1.807, 2.05) is 13.8 Å². The van der Waals surface area contributed by atoms with Crippen LogP contribution in [-0.2, 0) is 14.3 Å². The number of nitrogens with zero attached hydrogens (tertiary/aromatic N) is 2. The van der Waals surface area contributed by atoms with Crippen molar-refractivity contribution in [2.24, 2.45) is 4.99 Å². The Labute approximate surface area is 177 Å². The van der Waals surface area contributed by atoms with E-state index in [1.54, 1.807) is 30.0 Å². The lowest BCUT2D eigenvalue weighted by Crippen LogP contribution is -2.28. The third-order valence-electron chi connectivity index (χ3n) is 3.72. The SMILES string of the molecule is CCN=C1S/C(=C/c2cc(OC)c(OCC(=O)OCC)cc2Br)C(=O)N1CC. The Hall–Kier alpha value is -2.00. The van der Waals surface area contributed by atoms with Gasteiger partial charge in [-0.2, -0.15) is 0 Å². The Bertz CT molecular complexity index is 810. The Balaban J connectivity index is 2.29. The number of likely N-dealkylation sites (N-methyl/N-ethyl adjacent to an activating group) is 1. The molecule has 2 rings (SSSR count). The van der Waals surface area contributed by atoms with Gasteiger partial charge in [0.15, 0.2) is 23.3 Å². The van der Waals surface area contributed by atoms with Gasteiger partial charge in [-0.15, -0.1) is 0 Å². The number of ether oxygens (including phenoxy) is 3. The van der Waals surface area contributed by atoms with Crippen LogP contribution >= 0.6 is 27.7 Å². The van der Waals surface area contributed by atoms with Crippen molar-refractivity contribution in [2.75, 3.05) is 33.4 Å². The van der Waals surface area contributed by atoms with Gasteiger partial charge in [0.1, 0.15) is 0 Å². The van der Waals surface area contributed by atoms with Gasteiger partial charge in [0.25, 0.3) is 5.91 Å². The standard InChI is InChI=1S/C19H23BrN2O5S/c1-5-21-19-22(6-2)18(24)16(28-19)9-12-8-14(25-4)15(10-13(12)20)27-11-17(23)26-7-3/h8-10H,5-7,11H2,1-4H3/b16-9+,21-19?. The zero-order chi connectivity index (χ0) is 20.7. The molecule has 0 aromatic heterocycles. The van der Waals surface area contributed by atoms with E-state index >= 15 is 0 Å². The number of methoxy groups -OCH3 is 1. The summed E-state index contributed by atoms with van der Waals surface area (Å²) >= 11 is 4.84. The fourth-order valence-corrected chi connectivity index (χ4v) is 3.99. The zero-order valence-electron chi connectivity index (χ0n) is 16.3. The van der Waals surface area contributed by atoms with Crippen LogP contribution in [0.3, 0.4) is 0 Å². The van der Waals surface area contributed by atoms with Crippen LogP contribution < -0.4 is 9.47 Å². The summed E-state index contributed by atoms with van der Waals surface area (Å²) in [6, 6.07) is 3.45. The van der Waals surface area contributed by atoms with E-state index in [1.165, 1.54) is 18.9 Å². The van der Waals surface area contributed by atoms with Crippen LogP contribution in [0.5, 0.6) is 11.5 Å². The van der Waals surface area contributed by atoms with E-state index in [4.69, 9.17) is 14.2 Å². The quantitative estimate of drug-likeness (QED) is 0.425. The minimum absolute atomic E-state index is 0.0757. The lowest BCUT2D eigenvalue weighted by atomic mass is 10.2. The number of hydrogen-bond acceptors (Lipinski definition) is 7. The highest BCUT2D eigenvalue weighted by Crippen LogP contribution is 2.38. The van der Waals surface area contributed by atoms with Crippen molar-refractivity contribution in [3.63, 3.8) is 0 Å². The molecule has 0 saturated carbocycles. The first-order valence-corrected chi connectivity index (χ1v) is 10.5. The summed E-state index contributed by atoms with van der Waals surface area (Å²) in [7, 11) is 1.51. The van der Waals surface area contributed by atoms with Crippen LogP contribution in [0.15, 0.2) is 26.5 Å². The normalized spacial score (nSPS) is 16.8. The Kier molecular flexibility index (Phi) is 8.37. The molecule has 0 bridgehead atoms. The number of carbonyl (C=O) groups excluding carboxylic acids is 2. The number of aliphatic imine (C=N–C) groups is 1. The van der Waals surface area contributed by atoms with E-state index in [0.29, 0.717) is 45.7 Å². The minimum atomic E-state index is -0.456. The lowest BCUT2D eigenvalue weighted by Gasteiger charge is -2.13. The molecule has 7 nitrogen and oxygen atoms in total. The van der Waals surface area contributed by atoms with Crippen molar-refractivity contribution in [2.45, 2.75) is 20.8 Å². The average Bonchev–Trinajstić information content (AvgIpc) is 2.96. The molecule has 0 atom stereocenters. The fraction of sp³-hybridized carbons (Fsp3) is 0.421. The van der Waals surface area contributed by atoms with Crippen molar-refractivity contribution >= 4 is 50.8 Å². The molecule has 0 spiro atoms. The van der Waals surface area contributed by atoms with Gasteiger partial charge in [-0.25, -0.2) is 4.79 Å². The van der Waals surface area contributed by atoms with Gasteiger partial charge in [0, 0.05) is 17.6 Å². The second-order valence-electron chi connectivity index (χ2n) is 5.54. The van der Waals surface area contributed by atoms with Crippen LogP contribution in [-0.4, -0.2) is 55.4 Å². The number of benzene rings is 1. The maximum absolute atomic E-state index is 12.6. The maximum atomic E-state index is 12.6. The number of rotatable bonds is 8. The highest BCUT2D eigenvalue weighted by Gasteiger charge is 2.32. The predicted octanol–water partition coefficient (Wildman–Crippen LogP) is 3.71. The second kappa shape index (κ2) is 10.5. The Morgan fingerprint density at radius 2 is 2.04 bits per heavy atom. The number of halogens is 1. The maximum Gasteiger partial charge on any atom is 0.344 e. The molecule has 1 amide bonds. The molecule has 1 fully saturated rings. The molecule has 1 aromatic rings. The first-order valence-electron chi connectivity index (χ1n) is 8.86. The molecule has 1 aromatic carbocycles. The smallest absolute Gasteiger partial charge is 0.344 e. The number of carbonyl (C=O) groups is 2. The van der Waals surface area contributed by atoms with Crippen molar-refractivity contribution in [3.05, 3.63) is 27.1 Å². The fourth-order valence-electron chi connectivity index (χ4n) is 2.45. The molecule has 1 heterocycles. The first-order chi connectivity index (χ1) is 13.4. The van der Waals surface area contributed by atoms with Gasteiger partial charge in [0.05, 0.1) is 18.6 Å². The van der Waals surface area contributed by atoms with E-state index in [0.717, 1.165) is 5.56 Å². The molecule has 0 radical (unpaired) electrons. The van der Waals surface area contributed by atoms with Crippen LogP contribution in [0.4, 0.5) is 0 Å². The molecule has 152 valence electrons. The summed E-state index contributed by atoms with van der Waals surface area (Å²) < 4.78 is 16.4. The molecular weight excluding hydrogens is 448 g/mol. The van der Waals surface area contributed by atoms with Crippen LogP contribution in [0, 0.1) is 0 Å². The van der Waals surface area contributed by atoms with Crippen molar-refractivity contribution in [1.82, 2.24) is 4.90 Å². The third-order valence-corrected chi connectivity index (χ3v) is 5.45. The van der Waals surface area contributed by atoms with Crippen molar-refractivity contribution in [3.8, 4) is 11.5 Å². The van der Waals surface area contributed by atoms with E-state index in [2.05, 4.69) is 20.9 Å². The Morgan fingerprint density at radius 1 is 1.29 bits per heavy atom. The van der Waals surface area contributed by atoms with E-state index in [-0.39, 0.29) is 12.5 Å². The largest absolute Gasteiger partial charge is 0.493 e. The van der Waals surface area contributed by atoms with Gasteiger partial charge in [-0.3, -0.25) is 14.7 Å². The van der Waals surface area contributed by atoms with Crippen LogP contribution in [0.1, 0.15) is 26.3 Å². The Morgan fingerprint density at radius 3 is 2.64 bits per heavy atom. The number of thioether (sulfide) groups is 1. The molecule has 0 aliphatic carbocycles. The molecule has 9 heteroatoms. The summed E-state index contributed by atoms with van der Waals surface area (Å²) in [5, 5.41) is 0.707. The second-order valence-corrected chi connectivity index (χ2v) is 7.40. The number of esters is 1. The summed E-state index contributed by atoms with van der Waals surface area (Å²) in [4.78, 5) is 30.8. The molecule has 1 aliphatic rings. The summed E-state index contributed by atoms with van der Waals surface area (Å²) in [6.45, 7) is 6.84. The predicted molar refractivity (Wildman–Crippen MR) is 114 cm³/mol. The van der Waals surface area contributed by atoms with Gasteiger partial charge >= 0.3 is 5.97 Å². The molecule has 1 saturated heterocycles. The molecule has 0 N–H and O–H groups in total.